The van der Waals surface area contributed by atoms with Crippen molar-refractivity contribution in [2.75, 3.05) is 0 Å². The van der Waals surface area contributed by atoms with Gasteiger partial charge in [0.05, 0.1) is 23.8 Å². The average molecular weight is 445 g/mol. The topological polar surface area (TPSA) is 38.8 Å². The standard InChI is InChI=1S/C21H17F6NO3/c1-13(15-9-16(20(22,23)24)11-17(10-15)21(25,26)27)31-19-18(29)28(7-8-30-19)12-14-5-3-2-4-6-14/h2-11,13,19H,12H2,1H3/t13-,19+/m1/s1. The van der Waals surface area contributed by atoms with Crippen LogP contribution in [0.4, 0.5) is 26.3 Å². The van der Waals surface area contributed by atoms with Gasteiger partial charge in [-0.1, -0.05) is 30.3 Å². The number of ether oxygens (including phenoxy) is 2. The molecule has 2 aromatic rings. The van der Waals surface area contributed by atoms with Crippen LogP contribution < -0.4 is 0 Å². The lowest BCUT2D eigenvalue weighted by molar-refractivity contribution is -0.184. The highest BCUT2D eigenvalue weighted by Gasteiger charge is 2.38. The van der Waals surface area contributed by atoms with E-state index in [1.54, 1.807) is 30.3 Å². The summed E-state index contributed by atoms with van der Waals surface area (Å²) in [7, 11) is 0. The van der Waals surface area contributed by atoms with Crippen LogP contribution in [0.2, 0.25) is 0 Å². The molecule has 2 atom stereocenters. The first kappa shape index (κ1) is 22.7. The predicted octanol–water partition coefficient (Wildman–Crippen LogP) is 5.66. The summed E-state index contributed by atoms with van der Waals surface area (Å²) >= 11 is 0. The number of halogens is 6. The van der Waals surface area contributed by atoms with Crippen LogP contribution in [0.3, 0.4) is 0 Å². The lowest BCUT2D eigenvalue weighted by atomic mass is 10.0. The van der Waals surface area contributed by atoms with Crippen LogP contribution in [0, 0.1) is 0 Å². The quantitative estimate of drug-likeness (QED) is 0.558. The molecule has 31 heavy (non-hydrogen) atoms. The summed E-state index contributed by atoms with van der Waals surface area (Å²) < 4.78 is 89.0. The van der Waals surface area contributed by atoms with Gasteiger partial charge < -0.3 is 14.4 Å². The first-order chi connectivity index (χ1) is 14.4. The van der Waals surface area contributed by atoms with E-state index in [1.807, 2.05) is 0 Å². The fourth-order valence-electron chi connectivity index (χ4n) is 2.93. The molecule has 0 unspecified atom stereocenters. The molecule has 1 amide bonds. The van der Waals surface area contributed by atoms with Gasteiger partial charge in [0.25, 0.3) is 12.2 Å². The zero-order valence-corrected chi connectivity index (χ0v) is 16.1. The van der Waals surface area contributed by atoms with Crippen LogP contribution in [0.1, 0.15) is 35.3 Å². The van der Waals surface area contributed by atoms with E-state index < -0.39 is 41.8 Å². The molecular weight excluding hydrogens is 428 g/mol. The number of amides is 1. The van der Waals surface area contributed by atoms with Crippen LogP contribution in [0.15, 0.2) is 61.0 Å². The third kappa shape index (κ3) is 5.57. The normalized spacial score (nSPS) is 18.1. The van der Waals surface area contributed by atoms with E-state index in [1.165, 1.54) is 24.3 Å². The van der Waals surface area contributed by atoms with Gasteiger partial charge in [0.2, 0.25) is 0 Å². The van der Waals surface area contributed by atoms with Crippen molar-refractivity contribution < 1.29 is 40.6 Å². The second kappa shape index (κ2) is 8.62. The van der Waals surface area contributed by atoms with E-state index in [0.29, 0.717) is 12.1 Å². The molecule has 0 bridgehead atoms. The highest BCUT2D eigenvalue weighted by Crippen LogP contribution is 2.38. The molecular formula is C21H17F6NO3. The van der Waals surface area contributed by atoms with Crippen molar-refractivity contribution in [1.82, 2.24) is 4.90 Å². The Morgan fingerprint density at radius 3 is 2.13 bits per heavy atom. The Morgan fingerprint density at radius 2 is 1.58 bits per heavy atom. The molecule has 4 nitrogen and oxygen atoms in total. The molecule has 0 fully saturated rings. The lowest BCUT2D eigenvalue weighted by Crippen LogP contribution is -2.41. The zero-order valence-electron chi connectivity index (χ0n) is 16.1. The Bertz CT molecular complexity index is 924. The first-order valence-electron chi connectivity index (χ1n) is 9.06. The minimum absolute atomic E-state index is 0.0306. The van der Waals surface area contributed by atoms with E-state index in [4.69, 9.17) is 9.47 Å². The SMILES string of the molecule is C[C@@H](O[C@@H]1OC=CN(Cc2ccccc2)C1=O)c1cc(C(F)(F)F)cc(C(F)(F)F)c1. The van der Waals surface area contributed by atoms with Crippen LogP contribution >= 0.6 is 0 Å². The average Bonchev–Trinajstić information content (AvgIpc) is 2.70. The minimum Gasteiger partial charge on any atom is -0.461 e. The summed E-state index contributed by atoms with van der Waals surface area (Å²) in [6.07, 6.45) is -10.2. The maximum atomic E-state index is 13.1. The maximum Gasteiger partial charge on any atom is 0.416 e. The molecule has 1 aliphatic heterocycles. The van der Waals surface area contributed by atoms with E-state index in [0.717, 1.165) is 5.56 Å². The largest absolute Gasteiger partial charge is 0.461 e. The second-order valence-electron chi connectivity index (χ2n) is 6.82. The van der Waals surface area contributed by atoms with Gasteiger partial charge in [-0.25, -0.2) is 0 Å². The Kier molecular flexibility index (Phi) is 6.30. The minimum atomic E-state index is -4.98. The molecule has 0 N–H and O–H groups in total. The molecule has 0 aromatic heterocycles. The molecule has 0 spiro atoms. The number of carbonyl (C=O) groups excluding carboxylic acids is 1. The van der Waals surface area contributed by atoms with E-state index in [2.05, 4.69) is 0 Å². The molecule has 0 aliphatic carbocycles. The van der Waals surface area contributed by atoms with E-state index in [-0.39, 0.29) is 18.2 Å². The van der Waals surface area contributed by atoms with Gasteiger partial charge in [-0.05, 0) is 36.2 Å². The fraction of sp³-hybridized carbons (Fsp3) is 0.286. The van der Waals surface area contributed by atoms with E-state index in [9.17, 15) is 31.1 Å². The fourth-order valence-corrected chi connectivity index (χ4v) is 2.93. The highest BCUT2D eigenvalue weighted by molar-refractivity contribution is 5.81. The number of carbonyl (C=O) groups is 1. The molecule has 10 heteroatoms. The van der Waals surface area contributed by atoms with E-state index >= 15 is 0 Å². The highest BCUT2D eigenvalue weighted by atomic mass is 19.4. The van der Waals surface area contributed by atoms with Gasteiger partial charge in [-0.3, -0.25) is 4.79 Å². The van der Waals surface area contributed by atoms with Crippen molar-refractivity contribution in [3.63, 3.8) is 0 Å². The molecule has 1 heterocycles. The third-order valence-corrected chi connectivity index (χ3v) is 4.53. The summed E-state index contributed by atoms with van der Waals surface area (Å²) in [5.41, 5.74) is -2.51. The van der Waals surface area contributed by atoms with Crippen molar-refractivity contribution in [3.05, 3.63) is 83.2 Å². The van der Waals surface area contributed by atoms with Gasteiger partial charge >= 0.3 is 12.4 Å². The van der Waals surface area contributed by atoms with Crippen LogP contribution in [-0.2, 0) is 33.2 Å². The molecule has 2 aromatic carbocycles. The number of hydrogen-bond donors (Lipinski definition) is 0. The molecule has 0 saturated heterocycles. The second-order valence-corrected chi connectivity index (χ2v) is 6.82. The van der Waals surface area contributed by atoms with Crippen molar-refractivity contribution in [3.8, 4) is 0 Å². The Morgan fingerprint density at radius 1 is 1.00 bits per heavy atom. The van der Waals surface area contributed by atoms with Gasteiger partial charge in [0, 0.05) is 6.20 Å². The third-order valence-electron chi connectivity index (χ3n) is 4.53. The van der Waals surface area contributed by atoms with Crippen LogP contribution in [-0.4, -0.2) is 17.1 Å². The number of hydrogen-bond acceptors (Lipinski definition) is 3. The van der Waals surface area contributed by atoms with Gasteiger partial charge in [0.15, 0.2) is 0 Å². The number of alkyl halides is 6. The van der Waals surface area contributed by atoms with Gasteiger partial charge in [-0.2, -0.15) is 26.3 Å². The Labute approximate surface area is 173 Å². The van der Waals surface area contributed by atoms with Gasteiger partial charge in [0.1, 0.15) is 6.26 Å². The lowest BCUT2D eigenvalue weighted by Gasteiger charge is -2.29. The monoisotopic (exact) mass is 445 g/mol. The zero-order chi connectivity index (χ0) is 22.8. The summed E-state index contributed by atoms with van der Waals surface area (Å²) in [4.78, 5) is 13.9. The Hall–Kier alpha value is -3.01. The smallest absolute Gasteiger partial charge is 0.416 e. The van der Waals surface area contributed by atoms with Crippen LogP contribution in [0.25, 0.3) is 0 Å². The first-order valence-corrected chi connectivity index (χ1v) is 9.06. The molecule has 3 rings (SSSR count). The summed E-state index contributed by atoms with van der Waals surface area (Å²) in [5.74, 6) is -0.638. The molecule has 0 radical (unpaired) electrons. The molecule has 0 saturated carbocycles. The summed E-state index contributed by atoms with van der Waals surface area (Å²) in [5, 5.41) is 0. The van der Waals surface area contributed by atoms with Crippen molar-refractivity contribution >= 4 is 5.91 Å². The van der Waals surface area contributed by atoms with Gasteiger partial charge in [-0.15, -0.1) is 0 Å². The number of nitrogens with zero attached hydrogens (tertiary/aromatic N) is 1. The predicted molar refractivity (Wildman–Crippen MR) is 97.0 cm³/mol. The maximum absolute atomic E-state index is 13.1. The van der Waals surface area contributed by atoms with Crippen molar-refractivity contribution in [2.45, 2.75) is 38.2 Å². The Balaban J connectivity index is 1.80. The summed E-state index contributed by atoms with van der Waals surface area (Å²) in [6.45, 7) is 1.43. The van der Waals surface area contributed by atoms with Crippen LogP contribution in [0.5, 0.6) is 0 Å². The van der Waals surface area contributed by atoms with Crippen molar-refractivity contribution in [2.24, 2.45) is 0 Å². The van der Waals surface area contributed by atoms with Crippen molar-refractivity contribution in [1.29, 1.82) is 0 Å². The molecule has 1 aliphatic rings. The number of rotatable bonds is 5. The molecule has 166 valence electrons. The summed E-state index contributed by atoms with van der Waals surface area (Å²) in [6, 6.07) is 10.1. The number of benzene rings is 2.